The molecule has 5 rings (SSSR count). The fourth-order valence-electron chi connectivity index (χ4n) is 10.6. The summed E-state index contributed by atoms with van der Waals surface area (Å²) in [5.74, 6) is 1.38. The molecule has 9 atom stereocenters. The van der Waals surface area contributed by atoms with Crippen molar-refractivity contribution in [3.8, 4) is 0 Å². The number of hydrogen-bond acceptors (Lipinski definition) is 2. The van der Waals surface area contributed by atoms with Gasteiger partial charge in [-0.1, -0.05) is 67.0 Å². The number of hydrogen-bond donors (Lipinski definition) is 2. The summed E-state index contributed by atoms with van der Waals surface area (Å²) in [4.78, 5) is 0. The standard InChI is InChI=1S/C30H50O2/c1-25(2)13-14-27(5)15-16-29(7)19(20(27)18-25)17-21(31)24-28(6)11-10-23(32)26(3,4)22(28)9-12-30(24,29)8/h17,20-24,31-32H,9-16,18H2,1-8H3/t20-,21+,22-,23+,24+,27+,28-,29+,30+/m0/s1. The minimum absolute atomic E-state index is 0.0719. The molecule has 0 bridgehead atoms. The largest absolute Gasteiger partial charge is 0.393 e. The third-order valence-electron chi connectivity index (χ3n) is 13.0. The first-order chi connectivity index (χ1) is 14.6. The first-order valence-corrected chi connectivity index (χ1v) is 13.7. The van der Waals surface area contributed by atoms with Crippen molar-refractivity contribution in [2.45, 2.75) is 125 Å². The van der Waals surface area contributed by atoms with E-state index in [4.69, 9.17) is 0 Å². The van der Waals surface area contributed by atoms with E-state index in [1.165, 1.54) is 44.9 Å². The van der Waals surface area contributed by atoms with Crippen LogP contribution in [0.3, 0.4) is 0 Å². The third-order valence-corrected chi connectivity index (χ3v) is 13.0. The van der Waals surface area contributed by atoms with Gasteiger partial charge in [-0.15, -0.1) is 0 Å². The lowest BCUT2D eigenvalue weighted by molar-refractivity contribution is -0.224. The zero-order valence-electron chi connectivity index (χ0n) is 22.2. The molecule has 0 aromatic carbocycles. The Bertz CT molecular complexity index is 825. The number of rotatable bonds is 0. The summed E-state index contributed by atoms with van der Waals surface area (Å²) in [7, 11) is 0. The van der Waals surface area contributed by atoms with Crippen molar-refractivity contribution in [1.82, 2.24) is 0 Å². The Morgan fingerprint density at radius 3 is 2.12 bits per heavy atom. The average molecular weight is 443 g/mol. The van der Waals surface area contributed by atoms with Crippen LogP contribution in [0, 0.1) is 50.2 Å². The van der Waals surface area contributed by atoms with E-state index in [2.05, 4.69) is 61.5 Å². The Kier molecular flexibility index (Phi) is 4.87. The molecule has 5 aliphatic carbocycles. The van der Waals surface area contributed by atoms with E-state index < -0.39 is 0 Å². The van der Waals surface area contributed by atoms with Crippen LogP contribution in [0.5, 0.6) is 0 Å². The molecular formula is C30H50O2. The van der Waals surface area contributed by atoms with Gasteiger partial charge in [0.1, 0.15) is 0 Å². The van der Waals surface area contributed by atoms with Crippen LogP contribution in [0.4, 0.5) is 0 Å². The molecule has 0 aliphatic heterocycles. The summed E-state index contributed by atoms with van der Waals surface area (Å²) in [6, 6.07) is 0. The van der Waals surface area contributed by atoms with Gasteiger partial charge in [-0.3, -0.25) is 0 Å². The molecule has 4 fully saturated rings. The highest BCUT2D eigenvalue weighted by atomic mass is 16.3. The molecular weight excluding hydrogens is 392 g/mol. The second-order valence-corrected chi connectivity index (χ2v) is 15.4. The highest BCUT2D eigenvalue weighted by molar-refractivity contribution is 5.35. The van der Waals surface area contributed by atoms with Gasteiger partial charge in [0.2, 0.25) is 0 Å². The molecule has 5 aliphatic rings. The predicted molar refractivity (Wildman–Crippen MR) is 132 cm³/mol. The maximum absolute atomic E-state index is 11.9. The molecule has 0 unspecified atom stereocenters. The molecule has 2 nitrogen and oxygen atoms in total. The molecule has 0 aromatic heterocycles. The number of aliphatic hydroxyl groups is 2. The zero-order valence-corrected chi connectivity index (χ0v) is 22.2. The lowest BCUT2D eigenvalue weighted by atomic mass is 9.33. The van der Waals surface area contributed by atoms with E-state index in [-0.39, 0.29) is 39.8 Å². The van der Waals surface area contributed by atoms with Gasteiger partial charge in [0, 0.05) is 5.92 Å². The topological polar surface area (TPSA) is 40.5 Å². The van der Waals surface area contributed by atoms with Gasteiger partial charge in [-0.05, 0) is 102 Å². The minimum atomic E-state index is -0.352. The fraction of sp³-hybridized carbons (Fsp3) is 0.933. The summed E-state index contributed by atoms with van der Waals surface area (Å²) >= 11 is 0. The molecule has 2 N–H and O–H groups in total. The second kappa shape index (κ2) is 6.66. The van der Waals surface area contributed by atoms with Crippen LogP contribution in [0.2, 0.25) is 0 Å². The van der Waals surface area contributed by atoms with Crippen molar-refractivity contribution in [2.75, 3.05) is 0 Å². The maximum Gasteiger partial charge on any atom is 0.0762 e. The molecule has 2 heteroatoms. The smallest absolute Gasteiger partial charge is 0.0762 e. The van der Waals surface area contributed by atoms with Crippen molar-refractivity contribution >= 4 is 0 Å². The number of aliphatic hydroxyl groups excluding tert-OH is 2. The molecule has 0 spiro atoms. The maximum atomic E-state index is 11.9. The Labute approximate surface area is 197 Å². The van der Waals surface area contributed by atoms with Crippen LogP contribution < -0.4 is 0 Å². The Morgan fingerprint density at radius 2 is 1.44 bits per heavy atom. The Morgan fingerprint density at radius 1 is 0.781 bits per heavy atom. The normalized spacial score (nSPS) is 56.2. The van der Waals surface area contributed by atoms with Crippen LogP contribution in [0.1, 0.15) is 113 Å². The first kappa shape index (κ1) is 23.4. The van der Waals surface area contributed by atoms with Gasteiger partial charge in [0.15, 0.2) is 0 Å². The van der Waals surface area contributed by atoms with Gasteiger partial charge < -0.3 is 10.2 Å². The Hall–Kier alpha value is -0.340. The van der Waals surface area contributed by atoms with Gasteiger partial charge in [0.25, 0.3) is 0 Å². The van der Waals surface area contributed by atoms with E-state index >= 15 is 0 Å². The molecule has 182 valence electrons. The van der Waals surface area contributed by atoms with Crippen molar-refractivity contribution in [1.29, 1.82) is 0 Å². The highest BCUT2D eigenvalue weighted by Gasteiger charge is 2.69. The Balaban J connectivity index is 1.62. The van der Waals surface area contributed by atoms with E-state index in [9.17, 15) is 10.2 Å². The minimum Gasteiger partial charge on any atom is -0.393 e. The van der Waals surface area contributed by atoms with Gasteiger partial charge >= 0.3 is 0 Å². The van der Waals surface area contributed by atoms with Crippen LogP contribution >= 0.6 is 0 Å². The summed E-state index contributed by atoms with van der Waals surface area (Å²) in [6.07, 6.45) is 12.7. The lowest BCUT2D eigenvalue weighted by Gasteiger charge is -2.72. The van der Waals surface area contributed by atoms with Gasteiger partial charge in [0.05, 0.1) is 12.2 Å². The molecule has 0 saturated heterocycles. The summed E-state index contributed by atoms with van der Waals surface area (Å²) < 4.78 is 0. The van der Waals surface area contributed by atoms with Crippen molar-refractivity contribution < 1.29 is 10.2 Å². The van der Waals surface area contributed by atoms with E-state index in [0.717, 1.165) is 12.8 Å². The van der Waals surface area contributed by atoms with Crippen molar-refractivity contribution in [2.24, 2.45) is 50.2 Å². The molecule has 0 heterocycles. The summed E-state index contributed by atoms with van der Waals surface area (Å²) in [5, 5.41) is 22.8. The van der Waals surface area contributed by atoms with Crippen LogP contribution in [0.15, 0.2) is 11.6 Å². The monoisotopic (exact) mass is 442 g/mol. The van der Waals surface area contributed by atoms with Crippen LogP contribution in [-0.4, -0.2) is 22.4 Å². The third kappa shape index (κ3) is 2.78. The zero-order chi connectivity index (χ0) is 23.5. The molecule has 0 aromatic rings. The predicted octanol–water partition coefficient (Wildman–Crippen LogP) is 7.14. The quantitative estimate of drug-likeness (QED) is 0.391. The molecule has 0 amide bonds. The van der Waals surface area contributed by atoms with E-state index in [1.54, 1.807) is 5.57 Å². The van der Waals surface area contributed by atoms with Crippen molar-refractivity contribution in [3.05, 3.63) is 11.6 Å². The SMILES string of the molecule is CC1(C)CC[C@]2(C)CC[C@]3(C)C(=C[C@@H](O)[C@@H]4[C@@]5(C)CC[C@@H](O)C(C)(C)[C@@H]5CC[C@]43C)[C@@H]2C1. The average Bonchev–Trinajstić information content (AvgIpc) is 2.68. The van der Waals surface area contributed by atoms with Crippen molar-refractivity contribution in [3.63, 3.8) is 0 Å². The highest BCUT2D eigenvalue weighted by Crippen LogP contribution is 2.75. The lowest BCUT2D eigenvalue weighted by Crippen LogP contribution is -2.67. The molecule has 0 radical (unpaired) electrons. The van der Waals surface area contributed by atoms with E-state index in [0.29, 0.717) is 22.7 Å². The number of fused-ring (bicyclic) bond motifs is 7. The summed E-state index contributed by atoms with van der Waals surface area (Å²) in [6.45, 7) is 19.7. The van der Waals surface area contributed by atoms with E-state index in [1.807, 2.05) is 0 Å². The summed E-state index contributed by atoms with van der Waals surface area (Å²) in [5.41, 5.74) is 2.76. The van der Waals surface area contributed by atoms with Gasteiger partial charge in [-0.25, -0.2) is 0 Å². The molecule has 4 saturated carbocycles. The number of allylic oxidation sites excluding steroid dienone is 1. The van der Waals surface area contributed by atoms with Crippen LogP contribution in [0.25, 0.3) is 0 Å². The molecule has 32 heavy (non-hydrogen) atoms. The first-order valence-electron chi connectivity index (χ1n) is 13.7. The second-order valence-electron chi connectivity index (χ2n) is 15.4. The van der Waals surface area contributed by atoms with Crippen LogP contribution in [-0.2, 0) is 0 Å². The van der Waals surface area contributed by atoms with Gasteiger partial charge in [-0.2, -0.15) is 0 Å². The fourth-order valence-corrected chi connectivity index (χ4v) is 10.6.